The first-order valence-electron chi connectivity index (χ1n) is 6.71. The van der Waals surface area contributed by atoms with Gasteiger partial charge in [0.05, 0.1) is 20.3 Å². The SMILES string of the molecule is COc1ccc(C(C)NC(=O)c2cccn2C)cc1OC. The maximum absolute atomic E-state index is 12.2. The van der Waals surface area contributed by atoms with Crippen molar-refractivity contribution < 1.29 is 14.3 Å². The number of hydrogen-bond donors (Lipinski definition) is 1. The van der Waals surface area contributed by atoms with Crippen LogP contribution in [0, 0.1) is 0 Å². The van der Waals surface area contributed by atoms with Crippen molar-refractivity contribution in [2.45, 2.75) is 13.0 Å². The molecule has 1 heterocycles. The number of nitrogens with one attached hydrogen (secondary N) is 1. The van der Waals surface area contributed by atoms with Crippen LogP contribution in [0.15, 0.2) is 36.5 Å². The third kappa shape index (κ3) is 3.18. The quantitative estimate of drug-likeness (QED) is 0.920. The Bertz CT molecular complexity index is 634. The highest BCUT2D eigenvalue weighted by Crippen LogP contribution is 2.29. The molecule has 1 N–H and O–H groups in total. The van der Waals surface area contributed by atoms with Crippen LogP contribution in [-0.2, 0) is 7.05 Å². The summed E-state index contributed by atoms with van der Waals surface area (Å²) < 4.78 is 12.3. The van der Waals surface area contributed by atoms with Crippen molar-refractivity contribution in [2.75, 3.05) is 14.2 Å². The van der Waals surface area contributed by atoms with Crippen molar-refractivity contribution in [3.8, 4) is 11.5 Å². The standard InChI is InChI=1S/C16H20N2O3/c1-11(17-16(19)13-6-5-9-18(13)2)12-7-8-14(20-3)15(10-12)21-4/h5-11H,1-4H3,(H,17,19). The number of amides is 1. The second-order valence-corrected chi connectivity index (χ2v) is 4.81. The maximum atomic E-state index is 12.2. The Labute approximate surface area is 124 Å². The Balaban J connectivity index is 2.15. The van der Waals surface area contributed by atoms with Gasteiger partial charge in [-0.15, -0.1) is 0 Å². The third-order valence-electron chi connectivity index (χ3n) is 3.43. The van der Waals surface area contributed by atoms with E-state index >= 15 is 0 Å². The first kappa shape index (κ1) is 15.0. The molecule has 1 aromatic heterocycles. The van der Waals surface area contributed by atoms with E-state index in [2.05, 4.69) is 5.32 Å². The first-order valence-corrected chi connectivity index (χ1v) is 6.71. The molecule has 0 saturated carbocycles. The first-order chi connectivity index (χ1) is 10.1. The summed E-state index contributed by atoms with van der Waals surface area (Å²) in [6.45, 7) is 1.93. The molecule has 112 valence electrons. The van der Waals surface area contributed by atoms with Crippen LogP contribution in [0.5, 0.6) is 11.5 Å². The fraction of sp³-hybridized carbons (Fsp3) is 0.312. The van der Waals surface area contributed by atoms with E-state index in [0.29, 0.717) is 17.2 Å². The molecule has 1 amide bonds. The van der Waals surface area contributed by atoms with Crippen LogP contribution in [0.1, 0.15) is 29.0 Å². The Hall–Kier alpha value is -2.43. The normalized spacial score (nSPS) is 11.8. The van der Waals surface area contributed by atoms with Gasteiger partial charge < -0.3 is 19.4 Å². The van der Waals surface area contributed by atoms with Gasteiger partial charge in [0.15, 0.2) is 11.5 Å². The molecule has 2 rings (SSSR count). The fourth-order valence-corrected chi connectivity index (χ4v) is 2.17. The second kappa shape index (κ2) is 6.35. The smallest absolute Gasteiger partial charge is 0.268 e. The summed E-state index contributed by atoms with van der Waals surface area (Å²) in [4.78, 5) is 12.2. The predicted molar refractivity (Wildman–Crippen MR) is 80.8 cm³/mol. The topological polar surface area (TPSA) is 52.5 Å². The maximum Gasteiger partial charge on any atom is 0.268 e. The zero-order valence-electron chi connectivity index (χ0n) is 12.7. The molecule has 5 heteroatoms. The molecule has 5 nitrogen and oxygen atoms in total. The monoisotopic (exact) mass is 288 g/mol. The molecule has 0 aliphatic heterocycles. The molecule has 21 heavy (non-hydrogen) atoms. The highest BCUT2D eigenvalue weighted by molar-refractivity contribution is 5.92. The lowest BCUT2D eigenvalue weighted by atomic mass is 10.1. The third-order valence-corrected chi connectivity index (χ3v) is 3.43. The minimum atomic E-state index is -0.132. The molecular weight excluding hydrogens is 268 g/mol. The minimum Gasteiger partial charge on any atom is -0.493 e. The van der Waals surface area contributed by atoms with Crippen molar-refractivity contribution in [1.29, 1.82) is 0 Å². The van der Waals surface area contributed by atoms with E-state index in [1.165, 1.54) is 0 Å². The van der Waals surface area contributed by atoms with E-state index in [1.807, 2.05) is 44.4 Å². The zero-order valence-corrected chi connectivity index (χ0v) is 12.7. The number of aromatic nitrogens is 1. The van der Waals surface area contributed by atoms with Crippen LogP contribution in [0.4, 0.5) is 0 Å². The Morgan fingerprint density at radius 1 is 1.19 bits per heavy atom. The fourth-order valence-electron chi connectivity index (χ4n) is 2.17. The van der Waals surface area contributed by atoms with Crippen LogP contribution in [-0.4, -0.2) is 24.7 Å². The van der Waals surface area contributed by atoms with Gasteiger partial charge in [0.1, 0.15) is 5.69 Å². The highest BCUT2D eigenvalue weighted by Gasteiger charge is 2.15. The Kier molecular flexibility index (Phi) is 4.52. The van der Waals surface area contributed by atoms with E-state index in [9.17, 15) is 4.79 Å². The number of carbonyl (C=O) groups is 1. The molecule has 2 aromatic rings. The van der Waals surface area contributed by atoms with Gasteiger partial charge in [-0.2, -0.15) is 0 Å². The van der Waals surface area contributed by atoms with Gasteiger partial charge in [-0.05, 0) is 36.8 Å². The van der Waals surface area contributed by atoms with Crippen molar-refractivity contribution in [1.82, 2.24) is 9.88 Å². The number of nitrogens with zero attached hydrogens (tertiary/aromatic N) is 1. The molecule has 0 bridgehead atoms. The number of benzene rings is 1. The van der Waals surface area contributed by atoms with Gasteiger partial charge in [-0.25, -0.2) is 0 Å². The van der Waals surface area contributed by atoms with Crippen molar-refractivity contribution in [3.05, 3.63) is 47.8 Å². The van der Waals surface area contributed by atoms with Crippen LogP contribution >= 0.6 is 0 Å². The van der Waals surface area contributed by atoms with Crippen LogP contribution in [0.3, 0.4) is 0 Å². The van der Waals surface area contributed by atoms with E-state index in [-0.39, 0.29) is 11.9 Å². The van der Waals surface area contributed by atoms with Crippen molar-refractivity contribution >= 4 is 5.91 Å². The zero-order chi connectivity index (χ0) is 15.4. The van der Waals surface area contributed by atoms with Crippen LogP contribution in [0.25, 0.3) is 0 Å². The lowest BCUT2D eigenvalue weighted by molar-refractivity contribution is 0.0931. The summed E-state index contributed by atoms with van der Waals surface area (Å²) in [6, 6.07) is 9.12. The van der Waals surface area contributed by atoms with E-state index < -0.39 is 0 Å². The molecule has 0 aliphatic carbocycles. The average Bonchev–Trinajstić information content (AvgIpc) is 2.92. The lowest BCUT2D eigenvalue weighted by Crippen LogP contribution is -2.28. The van der Waals surface area contributed by atoms with E-state index in [4.69, 9.17) is 9.47 Å². The van der Waals surface area contributed by atoms with Gasteiger partial charge in [0.2, 0.25) is 0 Å². The molecule has 0 radical (unpaired) electrons. The van der Waals surface area contributed by atoms with Gasteiger partial charge in [0.25, 0.3) is 5.91 Å². The van der Waals surface area contributed by atoms with Gasteiger partial charge >= 0.3 is 0 Å². The molecule has 1 unspecified atom stereocenters. The summed E-state index contributed by atoms with van der Waals surface area (Å²) >= 11 is 0. The molecule has 0 fully saturated rings. The lowest BCUT2D eigenvalue weighted by Gasteiger charge is -2.16. The molecular formula is C16H20N2O3. The van der Waals surface area contributed by atoms with Crippen molar-refractivity contribution in [3.63, 3.8) is 0 Å². The summed E-state index contributed by atoms with van der Waals surface area (Å²) in [7, 11) is 5.03. The molecule has 0 spiro atoms. The van der Waals surface area contributed by atoms with Gasteiger partial charge in [-0.1, -0.05) is 6.07 Å². The summed E-state index contributed by atoms with van der Waals surface area (Å²) in [5.74, 6) is 1.21. The number of hydrogen-bond acceptors (Lipinski definition) is 3. The second-order valence-electron chi connectivity index (χ2n) is 4.81. The summed E-state index contributed by atoms with van der Waals surface area (Å²) in [5.41, 5.74) is 1.58. The Morgan fingerprint density at radius 2 is 1.90 bits per heavy atom. The Morgan fingerprint density at radius 3 is 2.48 bits per heavy atom. The average molecular weight is 288 g/mol. The molecule has 0 aliphatic rings. The van der Waals surface area contributed by atoms with Crippen molar-refractivity contribution in [2.24, 2.45) is 7.05 Å². The van der Waals surface area contributed by atoms with Crippen LogP contribution in [0.2, 0.25) is 0 Å². The molecule has 0 saturated heterocycles. The molecule has 1 atom stereocenters. The number of ether oxygens (including phenoxy) is 2. The number of carbonyl (C=O) groups excluding carboxylic acids is 1. The van der Waals surface area contributed by atoms with E-state index in [0.717, 1.165) is 5.56 Å². The predicted octanol–water partition coefficient (Wildman–Crippen LogP) is 2.53. The number of rotatable bonds is 5. The van der Waals surface area contributed by atoms with Gasteiger partial charge in [-0.3, -0.25) is 4.79 Å². The highest BCUT2D eigenvalue weighted by atomic mass is 16.5. The van der Waals surface area contributed by atoms with Crippen LogP contribution < -0.4 is 14.8 Å². The molecule has 1 aromatic carbocycles. The largest absolute Gasteiger partial charge is 0.493 e. The van der Waals surface area contributed by atoms with E-state index in [1.54, 1.807) is 24.9 Å². The summed E-state index contributed by atoms with van der Waals surface area (Å²) in [5, 5.41) is 2.97. The number of methoxy groups -OCH3 is 2. The number of aryl methyl sites for hydroxylation is 1. The summed E-state index contributed by atoms with van der Waals surface area (Å²) in [6.07, 6.45) is 1.84. The minimum absolute atomic E-state index is 0.107. The van der Waals surface area contributed by atoms with Gasteiger partial charge in [0, 0.05) is 13.2 Å².